The highest BCUT2D eigenvalue weighted by atomic mass is 32.2. The van der Waals surface area contributed by atoms with Gasteiger partial charge in [0.25, 0.3) is 5.91 Å². The van der Waals surface area contributed by atoms with E-state index in [9.17, 15) is 4.79 Å². The van der Waals surface area contributed by atoms with Crippen LogP contribution in [-0.4, -0.2) is 40.1 Å². The lowest BCUT2D eigenvalue weighted by atomic mass is 9.94. The molecule has 3 aromatic rings. The Balaban J connectivity index is 1.77. The van der Waals surface area contributed by atoms with Crippen molar-refractivity contribution in [3.8, 4) is 11.5 Å². The van der Waals surface area contributed by atoms with Crippen molar-refractivity contribution in [2.45, 2.75) is 44.8 Å². The molecule has 1 amide bonds. The Hall–Kier alpha value is -3.46. The Kier molecular flexibility index (Phi) is 7.97. The maximum atomic E-state index is 13.6. The second kappa shape index (κ2) is 11.3. The number of ether oxygens (including phenoxy) is 2. The number of aromatic nitrogens is 3. The number of nitrogens with one attached hydrogen (secondary N) is 2. The first-order valence-electron chi connectivity index (χ1n) is 11.8. The van der Waals surface area contributed by atoms with Crippen LogP contribution in [0.5, 0.6) is 11.5 Å². The minimum atomic E-state index is -0.493. The molecule has 0 aliphatic carbocycles. The van der Waals surface area contributed by atoms with Gasteiger partial charge in [0, 0.05) is 17.1 Å². The van der Waals surface area contributed by atoms with Crippen LogP contribution in [0.3, 0.4) is 0 Å². The zero-order valence-corrected chi connectivity index (χ0v) is 21.3. The Morgan fingerprint density at radius 3 is 2.69 bits per heavy atom. The number of hydrogen-bond acceptors (Lipinski definition) is 7. The monoisotopic (exact) mass is 493 g/mol. The van der Waals surface area contributed by atoms with Crippen molar-refractivity contribution in [3.63, 3.8) is 0 Å². The molecule has 2 N–H and O–H groups in total. The van der Waals surface area contributed by atoms with Crippen LogP contribution in [0.2, 0.25) is 0 Å². The maximum absolute atomic E-state index is 13.6. The van der Waals surface area contributed by atoms with E-state index in [1.54, 1.807) is 23.6 Å². The lowest BCUT2D eigenvalue weighted by molar-refractivity contribution is -0.113. The van der Waals surface area contributed by atoms with Crippen LogP contribution in [0, 0.1) is 0 Å². The Labute approximate surface area is 210 Å². The summed E-state index contributed by atoms with van der Waals surface area (Å²) < 4.78 is 13.1. The topological polar surface area (TPSA) is 90.3 Å². The number of rotatable bonds is 10. The summed E-state index contributed by atoms with van der Waals surface area (Å²) in [5.74, 6) is 2.59. The van der Waals surface area contributed by atoms with Crippen LogP contribution in [0.15, 0.2) is 65.0 Å². The molecule has 0 fully saturated rings. The predicted octanol–water partition coefficient (Wildman–Crippen LogP) is 5.51. The van der Waals surface area contributed by atoms with Crippen molar-refractivity contribution in [2.75, 3.05) is 30.1 Å². The Morgan fingerprint density at radius 2 is 1.97 bits per heavy atom. The fourth-order valence-electron chi connectivity index (χ4n) is 3.95. The molecule has 2 heterocycles. The van der Waals surface area contributed by atoms with Gasteiger partial charge >= 0.3 is 0 Å². The second-order valence-corrected chi connectivity index (χ2v) is 9.16. The van der Waals surface area contributed by atoms with Gasteiger partial charge in [-0.3, -0.25) is 4.79 Å². The van der Waals surface area contributed by atoms with Crippen molar-refractivity contribution in [2.24, 2.45) is 0 Å². The highest BCUT2D eigenvalue weighted by Gasteiger charge is 2.35. The zero-order valence-electron chi connectivity index (χ0n) is 20.5. The van der Waals surface area contributed by atoms with Crippen LogP contribution in [0.25, 0.3) is 0 Å². The quantitative estimate of drug-likeness (QED) is 0.284. The van der Waals surface area contributed by atoms with Crippen molar-refractivity contribution in [3.05, 3.63) is 65.4 Å². The lowest BCUT2D eigenvalue weighted by Gasteiger charge is -2.29. The van der Waals surface area contributed by atoms with Crippen molar-refractivity contribution < 1.29 is 14.3 Å². The van der Waals surface area contributed by atoms with E-state index in [2.05, 4.69) is 17.6 Å². The SMILES string of the molecule is CCCCSc1nc2n(n1)C(c1ccc(OCC)c(OC)c1)C(C(=O)Nc1ccccc1)=C(C)N2. The molecule has 1 atom stereocenters. The van der Waals surface area contributed by atoms with E-state index >= 15 is 0 Å². The van der Waals surface area contributed by atoms with Gasteiger partial charge in [-0.2, -0.15) is 4.98 Å². The van der Waals surface area contributed by atoms with Gasteiger partial charge in [0.15, 0.2) is 11.5 Å². The van der Waals surface area contributed by atoms with Crippen molar-refractivity contribution >= 4 is 29.3 Å². The van der Waals surface area contributed by atoms with E-state index in [0.717, 1.165) is 35.5 Å². The number of methoxy groups -OCH3 is 1. The Bertz CT molecular complexity index is 1210. The van der Waals surface area contributed by atoms with Crippen LogP contribution in [-0.2, 0) is 4.79 Å². The average molecular weight is 494 g/mol. The van der Waals surface area contributed by atoms with Gasteiger partial charge in [0.1, 0.15) is 6.04 Å². The fraction of sp³-hybridized carbons (Fsp3) is 0.346. The normalized spacial score (nSPS) is 14.8. The predicted molar refractivity (Wildman–Crippen MR) is 139 cm³/mol. The number of unbranched alkanes of at least 4 members (excludes halogenated alkanes) is 1. The summed E-state index contributed by atoms with van der Waals surface area (Å²) in [5.41, 5.74) is 2.85. The smallest absolute Gasteiger partial charge is 0.255 e. The van der Waals surface area contributed by atoms with Crippen LogP contribution in [0.1, 0.15) is 45.2 Å². The van der Waals surface area contributed by atoms with Gasteiger partial charge in [0.05, 0.1) is 19.3 Å². The third kappa shape index (κ3) is 5.45. The van der Waals surface area contributed by atoms with E-state index in [4.69, 9.17) is 19.6 Å². The first kappa shape index (κ1) is 24.7. The molecule has 184 valence electrons. The van der Waals surface area contributed by atoms with Crippen LogP contribution >= 0.6 is 11.8 Å². The molecule has 8 nitrogen and oxygen atoms in total. The number of fused-ring (bicyclic) bond motifs is 1. The van der Waals surface area contributed by atoms with Crippen molar-refractivity contribution in [1.82, 2.24) is 14.8 Å². The third-order valence-corrected chi connectivity index (χ3v) is 6.57. The molecule has 1 unspecified atom stereocenters. The highest BCUT2D eigenvalue weighted by Crippen LogP contribution is 2.39. The van der Waals surface area contributed by atoms with Crippen LogP contribution < -0.4 is 20.1 Å². The van der Waals surface area contributed by atoms with Gasteiger partial charge in [-0.1, -0.05) is 49.4 Å². The number of nitrogens with zero attached hydrogens (tertiary/aromatic N) is 3. The molecule has 35 heavy (non-hydrogen) atoms. The Morgan fingerprint density at radius 1 is 1.17 bits per heavy atom. The summed E-state index contributed by atoms with van der Waals surface area (Å²) >= 11 is 1.62. The average Bonchev–Trinajstić information content (AvgIpc) is 3.26. The molecule has 0 radical (unpaired) electrons. The van der Waals surface area contributed by atoms with E-state index < -0.39 is 6.04 Å². The van der Waals surface area contributed by atoms with Gasteiger partial charge in [-0.15, -0.1) is 5.10 Å². The number of thioether (sulfide) groups is 1. The number of carbonyl (C=O) groups is 1. The number of allylic oxidation sites excluding steroid dienone is 1. The number of amides is 1. The zero-order chi connectivity index (χ0) is 24.8. The molecule has 2 aromatic carbocycles. The first-order valence-corrected chi connectivity index (χ1v) is 12.8. The van der Waals surface area contributed by atoms with Crippen molar-refractivity contribution in [1.29, 1.82) is 0 Å². The number of benzene rings is 2. The molecular formula is C26H31N5O3S. The number of anilines is 2. The molecule has 1 aliphatic heterocycles. The van der Waals surface area contributed by atoms with E-state index in [0.29, 0.717) is 34.8 Å². The molecule has 1 aromatic heterocycles. The maximum Gasteiger partial charge on any atom is 0.255 e. The summed E-state index contributed by atoms with van der Waals surface area (Å²) in [4.78, 5) is 18.3. The summed E-state index contributed by atoms with van der Waals surface area (Å²) in [6.45, 7) is 6.50. The van der Waals surface area contributed by atoms with Gasteiger partial charge in [-0.05, 0) is 50.1 Å². The molecular weight excluding hydrogens is 462 g/mol. The molecule has 0 spiro atoms. The van der Waals surface area contributed by atoms with Gasteiger partial charge in [0.2, 0.25) is 11.1 Å². The summed E-state index contributed by atoms with van der Waals surface area (Å²) in [5, 5.41) is 11.8. The molecule has 0 bridgehead atoms. The third-order valence-electron chi connectivity index (χ3n) is 5.64. The highest BCUT2D eigenvalue weighted by molar-refractivity contribution is 7.99. The number of carbonyl (C=O) groups excluding carboxylic acids is 1. The van der Waals surface area contributed by atoms with E-state index in [1.807, 2.05) is 62.4 Å². The summed E-state index contributed by atoms with van der Waals surface area (Å²) in [6.07, 6.45) is 2.20. The number of hydrogen-bond donors (Lipinski definition) is 2. The molecule has 9 heteroatoms. The molecule has 4 rings (SSSR count). The largest absolute Gasteiger partial charge is 0.493 e. The molecule has 0 saturated heterocycles. The van der Waals surface area contributed by atoms with Gasteiger partial charge < -0.3 is 20.1 Å². The number of para-hydroxylation sites is 1. The summed E-state index contributed by atoms with van der Waals surface area (Å²) in [6, 6.07) is 14.6. The fourth-order valence-corrected chi connectivity index (χ4v) is 4.86. The van der Waals surface area contributed by atoms with Crippen LogP contribution in [0.4, 0.5) is 11.6 Å². The van der Waals surface area contributed by atoms with E-state index in [-0.39, 0.29) is 5.91 Å². The standard InChI is InChI=1S/C26H31N5O3S/c1-5-7-15-35-26-29-25-27-17(3)22(24(32)28-19-11-9-8-10-12-19)23(31(25)30-26)18-13-14-20(34-6-2)21(16-18)33-4/h8-14,16,23H,5-7,15H2,1-4H3,(H,28,32)(H,27,29,30). The minimum absolute atomic E-state index is 0.208. The second-order valence-electron chi connectivity index (χ2n) is 8.09. The minimum Gasteiger partial charge on any atom is -0.493 e. The summed E-state index contributed by atoms with van der Waals surface area (Å²) in [7, 11) is 1.61. The molecule has 1 aliphatic rings. The molecule has 0 saturated carbocycles. The van der Waals surface area contributed by atoms with E-state index in [1.165, 1.54) is 0 Å². The lowest BCUT2D eigenvalue weighted by Crippen LogP contribution is -2.31. The first-order chi connectivity index (χ1) is 17.0. The van der Waals surface area contributed by atoms with Gasteiger partial charge in [-0.25, -0.2) is 4.68 Å².